The summed E-state index contributed by atoms with van der Waals surface area (Å²) in [6.45, 7) is 1.83. The predicted octanol–water partition coefficient (Wildman–Crippen LogP) is 1.51. The first-order valence-corrected chi connectivity index (χ1v) is 5.58. The van der Waals surface area contributed by atoms with E-state index in [1.165, 1.54) is 6.07 Å². The lowest BCUT2D eigenvalue weighted by Crippen LogP contribution is -1.97. The fourth-order valence-electron chi connectivity index (χ4n) is 1.72. The van der Waals surface area contributed by atoms with Gasteiger partial charge in [0.2, 0.25) is 5.65 Å². The number of para-hydroxylation sites is 1. The summed E-state index contributed by atoms with van der Waals surface area (Å²) in [7, 11) is 0. The fraction of sp³-hybridized carbons (Fsp3) is 0.0833. The molecule has 19 heavy (non-hydrogen) atoms. The number of anilines is 1. The molecule has 0 bridgehead atoms. The van der Waals surface area contributed by atoms with Crippen molar-refractivity contribution in [3.05, 3.63) is 36.4 Å². The van der Waals surface area contributed by atoms with Gasteiger partial charge in [0.25, 0.3) is 5.88 Å². The number of benzene rings is 1. The number of nitrogen functional groups attached to an aromatic ring is 1. The van der Waals surface area contributed by atoms with Crippen LogP contribution < -0.4 is 10.5 Å². The molecule has 0 fully saturated rings. The summed E-state index contributed by atoms with van der Waals surface area (Å²) in [6.07, 6.45) is 3.32. The molecule has 7 heteroatoms. The number of aryl methyl sites for hydroxylation is 1. The maximum atomic E-state index is 9.54. The van der Waals surface area contributed by atoms with Crippen LogP contribution in [0.3, 0.4) is 0 Å². The highest BCUT2D eigenvalue weighted by molar-refractivity contribution is 5.63. The minimum absolute atomic E-state index is 0.0397. The number of phenolic OH excluding ortho intramolecular Hbond substituents is 1. The van der Waals surface area contributed by atoms with Crippen molar-refractivity contribution >= 4 is 11.3 Å². The number of hydrogen-bond donors (Lipinski definition) is 2. The van der Waals surface area contributed by atoms with Crippen LogP contribution in [0.1, 0.15) is 5.82 Å². The Morgan fingerprint density at radius 2 is 2.16 bits per heavy atom. The monoisotopic (exact) mass is 257 g/mol. The summed E-state index contributed by atoms with van der Waals surface area (Å²) in [6, 6.07) is 4.76. The molecule has 0 aliphatic carbocycles. The Morgan fingerprint density at radius 3 is 3.00 bits per heavy atom. The molecule has 0 saturated heterocycles. The van der Waals surface area contributed by atoms with Crippen molar-refractivity contribution in [2.75, 3.05) is 5.73 Å². The van der Waals surface area contributed by atoms with Gasteiger partial charge in [0, 0.05) is 12.4 Å². The van der Waals surface area contributed by atoms with E-state index in [0.717, 1.165) is 5.82 Å². The van der Waals surface area contributed by atoms with E-state index in [9.17, 15) is 5.11 Å². The minimum atomic E-state index is -0.0397. The number of hydrogen-bond acceptors (Lipinski definition) is 6. The number of ether oxygens (including phenoxy) is 1. The number of aromatic nitrogens is 4. The first-order valence-electron chi connectivity index (χ1n) is 5.58. The van der Waals surface area contributed by atoms with Gasteiger partial charge >= 0.3 is 0 Å². The van der Waals surface area contributed by atoms with E-state index < -0.39 is 0 Å². The van der Waals surface area contributed by atoms with Gasteiger partial charge in [0.1, 0.15) is 17.3 Å². The molecule has 3 N–H and O–H groups in total. The van der Waals surface area contributed by atoms with Gasteiger partial charge in [-0.3, -0.25) is 4.40 Å². The molecular weight excluding hydrogens is 246 g/mol. The molecule has 2 aromatic heterocycles. The number of nitrogens with zero attached hydrogens (tertiary/aromatic N) is 4. The van der Waals surface area contributed by atoms with Crippen molar-refractivity contribution in [3.63, 3.8) is 0 Å². The Bertz CT molecular complexity index is 753. The van der Waals surface area contributed by atoms with Gasteiger partial charge < -0.3 is 15.6 Å². The van der Waals surface area contributed by atoms with E-state index in [0.29, 0.717) is 11.4 Å². The molecule has 0 spiro atoms. The zero-order valence-electron chi connectivity index (χ0n) is 10.1. The zero-order chi connectivity index (χ0) is 13.4. The predicted molar refractivity (Wildman–Crippen MR) is 68.1 cm³/mol. The summed E-state index contributed by atoms with van der Waals surface area (Å²) in [4.78, 5) is 4.10. The molecule has 0 unspecified atom stereocenters. The summed E-state index contributed by atoms with van der Waals surface area (Å²) in [5, 5.41) is 17.5. The number of nitrogens with two attached hydrogens (primary N) is 1. The minimum Gasteiger partial charge on any atom is -0.506 e. The molecule has 0 aliphatic heterocycles. The maximum absolute atomic E-state index is 9.54. The van der Waals surface area contributed by atoms with Gasteiger partial charge in [-0.25, -0.2) is 4.98 Å². The average molecular weight is 257 g/mol. The Hall–Kier alpha value is -2.83. The normalized spacial score (nSPS) is 10.8. The fourth-order valence-corrected chi connectivity index (χ4v) is 1.72. The Kier molecular flexibility index (Phi) is 2.45. The van der Waals surface area contributed by atoms with Gasteiger partial charge in [0.15, 0.2) is 5.75 Å². The number of aromatic hydroxyl groups is 1. The third-order valence-corrected chi connectivity index (χ3v) is 2.71. The van der Waals surface area contributed by atoms with Crippen molar-refractivity contribution in [1.82, 2.24) is 19.6 Å². The Labute approximate surface area is 108 Å². The lowest BCUT2D eigenvalue weighted by atomic mass is 10.3. The average Bonchev–Trinajstić information content (AvgIpc) is 2.78. The maximum Gasteiger partial charge on any atom is 0.265 e. The zero-order valence-corrected chi connectivity index (χ0v) is 10.1. The molecule has 1 aromatic carbocycles. The number of fused-ring (bicyclic) bond motifs is 1. The van der Waals surface area contributed by atoms with Crippen LogP contribution in [0.25, 0.3) is 5.65 Å². The number of phenols is 1. The van der Waals surface area contributed by atoms with Crippen LogP contribution in [-0.2, 0) is 0 Å². The molecular formula is C12H11N5O2. The van der Waals surface area contributed by atoms with Crippen LogP contribution in [0.4, 0.5) is 5.69 Å². The standard InChI is InChI=1S/C12H11N5O2/c1-7-15-16-11-12(14-5-6-17(7)11)19-9-4-2-3-8(18)10(9)13/h2-6,18H,13H2,1H3. The quantitative estimate of drug-likeness (QED) is 0.533. The van der Waals surface area contributed by atoms with Crippen LogP contribution in [0, 0.1) is 6.92 Å². The van der Waals surface area contributed by atoms with Crippen LogP contribution in [-0.4, -0.2) is 24.7 Å². The van der Waals surface area contributed by atoms with E-state index in [1.54, 1.807) is 28.9 Å². The summed E-state index contributed by atoms with van der Waals surface area (Å²) < 4.78 is 7.35. The molecule has 96 valence electrons. The van der Waals surface area contributed by atoms with E-state index in [4.69, 9.17) is 10.5 Å². The third-order valence-electron chi connectivity index (χ3n) is 2.71. The molecule has 7 nitrogen and oxygen atoms in total. The van der Waals surface area contributed by atoms with Crippen molar-refractivity contribution in [2.24, 2.45) is 0 Å². The highest BCUT2D eigenvalue weighted by atomic mass is 16.5. The molecule has 0 radical (unpaired) electrons. The second-order valence-electron chi connectivity index (χ2n) is 3.96. The van der Waals surface area contributed by atoms with Crippen molar-refractivity contribution in [2.45, 2.75) is 6.92 Å². The van der Waals surface area contributed by atoms with E-state index >= 15 is 0 Å². The molecule has 2 heterocycles. The molecule has 3 rings (SSSR count). The third kappa shape index (κ3) is 1.81. The van der Waals surface area contributed by atoms with Crippen molar-refractivity contribution in [3.8, 4) is 17.4 Å². The van der Waals surface area contributed by atoms with Crippen LogP contribution >= 0.6 is 0 Å². The first kappa shape index (κ1) is 11.3. The summed E-state index contributed by atoms with van der Waals surface area (Å²) in [5.41, 5.74) is 6.38. The highest BCUT2D eigenvalue weighted by Gasteiger charge is 2.12. The Morgan fingerprint density at radius 1 is 1.32 bits per heavy atom. The van der Waals surface area contributed by atoms with Crippen molar-refractivity contribution < 1.29 is 9.84 Å². The summed E-state index contributed by atoms with van der Waals surface area (Å²) >= 11 is 0. The molecule has 3 aromatic rings. The second kappa shape index (κ2) is 4.13. The van der Waals surface area contributed by atoms with Crippen LogP contribution in [0.5, 0.6) is 17.4 Å². The molecule has 0 atom stereocenters. The van der Waals surface area contributed by atoms with Crippen LogP contribution in [0.2, 0.25) is 0 Å². The molecule has 0 saturated carbocycles. The topological polar surface area (TPSA) is 98.6 Å². The van der Waals surface area contributed by atoms with Gasteiger partial charge in [-0.2, -0.15) is 0 Å². The molecule has 0 amide bonds. The second-order valence-corrected chi connectivity index (χ2v) is 3.96. The first-order chi connectivity index (χ1) is 9.16. The van der Waals surface area contributed by atoms with Gasteiger partial charge in [-0.15, -0.1) is 10.2 Å². The largest absolute Gasteiger partial charge is 0.506 e. The molecule has 0 aliphatic rings. The highest BCUT2D eigenvalue weighted by Crippen LogP contribution is 2.33. The van der Waals surface area contributed by atoms with Gasteiger partial charge in [-0.05, 0) is 19.1 Å². The van der Waals surface area contributed by atoms with Gasteiger partial charge in [-0.1, -0.05) is 6.07 Å². The van der Waals surface area contributed by atoms with Crippen LogP contribution in [0.15, 0.2) is 30.6 Å². The SMILES string of the molecule is Cc1nnc2c(Oc3cccc(O)c3N)nccn12. The lowest BCUT2D eigenvalue weighted by Gasteiger charge is -2.08. The lowest BCUT2D eigenvalue weighted by molar-refractivity contribution is 0.451. The van der Waals surface area contributed by atoms with E-state index in [1.807, 2.05) is 6.92 Å². The van der Waals surface area contributed by atoms with E-state index in [2.05, 4.69) is 15.2 Å². The van der Waals surface area contributed by atoms with Gasteiger partial charge in [0.05, 0.1) is 0 Å². The Balaban J connectivity index is 2.08. The smallest absolute Gasteiger partial charge is 0.265 e. The summed E-state index contributed by atoms with van der Waals surface area (Å²) in [5.74, 6) is 1.29. The van der Waals surface area contributed by atoms with Crippen molar-refractivity contribution in [1.29, 1.82) is 0 Å². The number of rotatable bonds is 2. The van der Waals surface area contributed by atoms with E-state index in [-0.39, 0.29) is 17.3 Å².